The van der Waals surface area contributed by atoms with Crippen LogP contribution in [0.2, 0.25) is 0 Å². The van der Waals surface area contributed by atoms with Crippen molar-refractivity contribution in [3.8, 4) is 11.5 Å². The van der Waals surface area contributed by atoms with Crippen LogP contribution >= 0.6 is 15.9 Å². The fourth-order valence-corrected chi connectivity index (χ4v) is 2.19. The molecule has 0 atom stereocenters. The number of hydrogen-bond donors (Lipinski definition) is 0. The molecule has 3 nitrogen and oxygen atoms in total. The van der Waals surface area contributed by atoms with Crippen molar-refractivity contribution in [2.75, 3.05) is 0 Å². The van der Waals surface area contributed by atoms with Crippen molar-refractivity contribution in [1.29, 1.82) is 0 Å². The molecule has 0 unspecified atom stereocenters. The molecule has 0 fully saturated rings. The average molecular weight is 344 g/mol. The highest BCUT2D eigenvalue weighted by Crippen LogP contribution is 2.31. The number of hydrogen-bond acceptors (Lipinski definition) is 2. The molecule has 0 saturated heterocycles. The van der Waals surface area contributed by atoms with Gasteiger partial charge in [-0.05, 0) is 47.0 Å². The molecule has 1 aromatic heterocycles. The average Bonchev–Trinajstić information content (AvgIpc) is 2.36. The molecule has 0 N–H and O–H groups in total. The lowest BCUT2D eigenvalue weighted by Gasteiger charge is -2.13. The van der Waals surface area contributed by atoms with Crippen molar-refractivity contribution in [3.05, 3.63) is 56.4 Å². The molecule has 0 aliphatic heterocycles. The standard InChI is InChI=1S/C14H12BrF2NO2/c1-8-4-3-5-9(2)11(8)20-12-10(15)6-7-18(13(12)19)14(16)17/h3-7,14H,1-2H3. The van der Waals surface area contributed by atoms with Gasteiger partial charge < -0.3 is 4.74 Å². The number of alkyl halides is 2. The second-order valence-corrected chi connectivity index (χ2v) is 5.16. The largest absolute Gasteiger partial charge is 0.450 e. The number of aromatic nitrogens is 1. The lowest BCUT2D eigenvalue weighted by atomic mass is 10.1. The molecule has 0 amide bonds. The van der Waals surface area contributed by atoms with Crippen LogP contribution in [-0.2, 0) is 0 Å². The number of benzene rings is 1. The Morgan fingerprint density at radius 1 is 1.15 bits per heavy atom. The summed E-state index contributed by atoms with van der Waals surface area (Å²) in [5.41, 5.74) is 0.768. The van der Waals surface area contributed by atoms with Crippen LogP contribution in [0.15, 0.2) is 39.7 Å². The second-order valence-electron chi connectivity index (χ2n) is 4.31. The van der Waals surface area contributed by atoms with Gasteiger partial charge in [-0.25, -0.2) is 0 Å². The molecule has 1 heterocycles. The molecule has 20 heavy (non-hydrogen) atoms. The molecule has 1 aromatic carbocycles. The van der Waals surface area contributed by atoms with E-state index in [2.05, 4.69) is 15.9 Å². The number of pyridine rings is 1. The maximum Gasteiger partial charge on any atom is 0.321 e. The first-order chi connectivity index (χ1) is 9.41. The minimum Gasteiger partial charge on any atom is -0.450 e. The molecule has 0 aliphatic rings. The van der Waals surface area contributed by atoms with Crippen LogP contribution in [0.25, 0.3) is 0 Å². The second kappa shape index (κ2) is 5.75. The van der Waals surface area contributed by atoms with Gasteiger partial charge in [0.1, 0.15) is 5.75 Å². The van der Waals surface area contributed by atoms with Gasteiger partial charge in [0.15, 0.2) is 0 Å². The van der Waals surface area contributed by atoms with Crippen molar-refractivity contribution >= 4 is 15.9 Å². The highest BCUT2D eigenvalue weighted by atomic mass is 79.9. The lowest BCUT2D eigenvalue weighted by molar-refractivity contribution is 0.0654. The summed E-state index contributed by atoms with van der Waals surface area (Å²) >= 11 is 3.15. The Morgan fingerprint density at radius 3 is 2.30 bits per heavy atom. The van der Waals surface area contributed by atoms with E-state index in [9.17, 15) is 13.6 Å². The zero-order chi connectivity index (χ0) is 14.9. The van der Waals surface area contributed by atoms with Gasteiger partial charge in [-0.3, -0.25) is 9.36 Å². The third kappa shape index (κ3) is 2.75. The summed E-state index contributed by atoms with van der Waals surface area (Å²) in [6.07, 6.45) is 1.02. The van der Waals surface area contributed by atoms with E-state index in [-0.39, 0.29) is 5.75 Å². The van der Waals surface area contributed by atoms with Crippen molar-refractivity contribution < 1.29 is 13.5 Å². The molecule has 6 heteroatoms. The van der Waals surface area contributed by atoms with Gasteiger partial charge in [0, 0.05) is 6.20 Å². The molecule has 0 spiro atoms. The first-order valence-electron chi connectivity index (χ1n) is 5.84. The summed E-state index contributed by atoms with van der Waals surface area (Å²) in [6.45, 7) is 0.742. The Hall–Kier alpha value is -1.69. The SMILES string of the molecule is Cc1cccc(C)c1Oc1c(Br)ccn(C(F)F)c1=O. The summed E-state index contributed by atoms with van der Waals surface area (Å²) < 4.78 is 31.7. The fraction of sp³-hybridized carbons (Fsp3) is 0.214. The number of halogens is 3. The molecule has 2 rings (SSSR count). The van der Waals surface area contributed by atoms with Crippen LogP contribution in [0, 0.1) is 13.8 Å². The Morgan fingerprint density at radius 2 is 1.75 bits per heavy atom. The van der Waals surface area contributed by atoms with E-state index in [0.717, 1.165) is 17.3 Å². The van der Waals surface area contributed by atoms with E-state index in [1.54, 1.807) is 0 Å². The molecule has 0 bridgehead atoms. The van der Waals surface area contributed by atoms with E-state index < -0.39 is 12.1 Å². The summed E-state index contributed by atoms with van der Waals surface area (Å²) in [5, 5.41) is 0. The Labute approximate surface area is 122 Å². The number of rotatable bonds is 3. The van der Waals surface area contributed by atoms with E-state index in [0.29, 0.717) is 14.8 Å². The zero-order valence-electron chi connectivity index (χ0n) is 10.9. The van der Waals surface area contributed by atoms with Crippen molar-refractivity contribution in [1.82, 2.24) is 4.57 Å². The number of nitrogens with zero attached hydrogens (tertiary/aromatic N) is 1. The number of aryl methyl sites for hydroxylation is 2. The van der Waals surface area contributed by atoms with Gasteiger partial charge in [0.25, 0.3) is 5.56 Å². The molecular formula is C14H12BrF2NO2. The van der Waals surface area contributed by atoms with E-state index in [1.807, 2.05) is 32.0 Å². The van der Waals surface area contributed by atoms with Crippen LogP contribution in [0.3, 0.4) is 0 Å². The van der Waals surface area contributed by atoms with Crippen LogP contribution in [0.4, 0.5) is 8.78 Å². The van der Waals surface area contributed by atoms with Crippen LogP contribution < -0.4 is 10.3 Å². The third-order valence-corrected chi connectivity index (χ3v) is 3.47. The summed E-state index contributed by atoms with van der Waals surface area (Å²) in [4.78, 5) is 12.0. The van der Waals surface area contributed by atoms with Gasteiger partial charge in [-0.1, -0.05) is 18.2 Å². The summed E-state index contributed by atoms with van der Waals surface area (Å²) in [7, 11) is 0. The molecule has 106 valence electrons. The third-order valence-electron chi connectivity index (χ3n) is 2.85. The van der Waals surface area contributed by atoms with Crippen molar-refractivity contribution in [3.63, 3.8) is 0 Å². The molecule has 0 aliphatic carbocycles. The molecular weight excluding hydrogens is 332 g/mol. The predicted octanol–water partition coefficient (Wildman–Crippen LogP) is 4.42. The first kappa shape index (κ1) is 14.7. The van der Waals surface area contributed by atoms with Crippen molar-refractivity contribution in [2.24, 2.45) is 0 Å². The van der Waals surface area contributed by atoms with Crippen LogP contribution in [0.5, 0.6) is 11.5 Å². The number of ether oxygens (including phenoxy) is 1. The quantitative estimate of drug-likeness (QED) is 0.826. The molecule has 0 radical (unpaired) electrons. The smallest absolute Gasteiger partial charge is 0.321 e. The van der Waals surface area contributed by atoms with Gasteiger partial charge in [-0.15, -0.1) is 0 Å². The predicted molar refractivity (Wildman–Crippen MR) is 75.6 cm³/mol. The Kier molecular flexibility index (Phi) is 4.23. The maximum atomic E-state index is 12.7. The van der Waals surface area contributed by atoms with E-state index >= 15 is 0 Å². The van der Waals surface area contributed by atoms with E-state index in [1.165, 1.54) is 6.07 Å². The summed E-state index contributed by atoms with van der Waals surface area (Å²) in [6, 6.07) is 6.86. The van der Waals surface area contributed by atoms with Crippen molar-refractivity contribution in [2.45, 2.75) is 20.4 Å². The number of para-hydroxylation sites is 1. The monoisotopic (exact) mass is 343 g/mol. The minimum atomic E-state index is -2.91. The topological polar surface area (TPSA) is 31.2 Å². The zero-order valence-corrected chi connectivity index (χ0v) is 12.4. The highest BCUT2D eigenvalue weighted by molar-refractivity contribution is 9.10. The fourth-order valence-electron chi connectivity index (χ4n) is 1.82. The summed E-state index contributed by atoms with van der Waals surface area (Å²) in [5.74, 6) is 0.350. The van der Waals surface area contributed by atoms with Crippen LogP contribution in [-0.4, -0.2) is 4.57 Å². The molecule has 0 saturated carbocycles. The van der Waals surface area contributed by atoms with Gasteiger partial charge in [0.05, 0.1) is 4.47 Å². The Bertz CT molecular complexity index is 678. The Balaban J connectivity index is 2.54. The van der Waals surface area contributed by atoms with Gasteiger partial charge in [0.2, 0.25) is 5.75 Å². The van der Waals surface area contributed by atoms with Gasteiger partial charge >= 0.3 is 6.55 Å². The first-order valence-corrected chi connectivity index (χ1v) is 6.64. The normalized spacial score (nSPS) is 10.9. The van der Waals surface area contributed by atoms with Crippen LogP contribution in [0.1, 0.15) is 17.7 Å². The lowest BCUT2D eigenvalue weighted by Crippen LogP contribution is -2.21. The maximum absolute atomic E-state index is 12.7. The van der Waals surface area contributed by atoms with E-state index in [4.69, 9.17) is 4.74 Å². The van der Waals surface area contributed by atoms with Gasteiger partial charge in [-0.2, -0.15) is 8.78 Å². The highest BCUT2D eigenvalue weighted by Gasteiger charge is 2.17. The minimum absolute atomic E-state index is 0.148. The molecule has 2 aromatic rings.